The fourth-order valence-corrected chi connectivity index (χ4v) is 6.86. The quantitative estimate of drug-likeness (QED) is 0.0324. The Kier molecular flexibility index (Phi) is 42.1. The minimum atomic E-state index is -0.981. The van der Waals surface area contributed by atoms with Gasteiger partial charge in [0.2, 0.25) is 0 Å². The second-order valence-electron chi connectivity index (χ2n) is 16.9. The Morgan fingerprint density at radius 3 is 0.694 bits per heavy atom. The molecule has 0 N–H and O–H groups in total. The van der Waals surface area contributed by atoms with Crippen LogP contribution in [0.15, 0.2) is 0 Å². The zero-order chi connectivity index (χ0) is 45.7. The molecule has 0 saturated heterocycles. The lowest BCUT2D eigenvalue weighted by Gasteiger charge is -2.19. The second kappa shape index (κ2) is 44.4. The van der Waals surface area contributed by atoms with Gasteiger partial charge in [-0.3, -0.25) is 28.8 Å². The Bertz CT molecular complexity index is 1040. The van der Waals surface area contributed by atoms with E-state index in [2.05, 4.69) is 27.7 Å². The van der Waals surface area contributed by atoms with Crippen LogP contribution >= 0.6 is 0 Å². The summed E-state index contributed by atoms with van der Waals surface area (Å²) < 4.78 is 32.7. The maximum atomic E-state index is 12.7. The third-order valence-electron chi connectivity index (χ3n) is 10.8. The highest BCUT2D eigenvalue weighted by Crippen LogP contribution is 2.14. The van der Waals surface area contributed by atoms with E-state index in [1.54, 1.807) is 0 Å². The first-order valence-electron chi connectivity index (χ1n) is 25.2. The highest BCUT2D eigenvalue weighted by molar-refractivity contribution is 5.77. The smallest absolute Gasteiger partial charge is 0.306 e. The minimum absolute atomic E-state index is 0.212. The number of rotatable bonds is 45. The molecule has 0 fully saturated rings. The van der Waals surface area contributed by atoms with Crippen LogP contribution in [0.2, 0.25) is 0 Å². The summed E-state index contributed by atoms with van der Waals surface area (Å²) in [6.45, 7) is 7.54. The summed E-state index contributed by atoms with van der Waals surface area (Å²) in [5, 5.41) is 0. The average Bonchev–Trinajstić information content (AvgIpc) is 3.26. The van der Waals surface area contributed by atoms with Gasteiger partial charge in [-0.05, 0) is 25.7 Å². The molecule has 0 radical (unpaired) electrons. The van der Waals surface area contributed by atoms with Crippen molar-refractivity contribution in [2.75, 3.05) is 26.4 Å². The molecule has 0 aromatic heterocycles. The Hall–Kier alpha value is -3.18. The number of carbonyl (C=O) groups excluding carboxylic acids is 6. The zero-order valence-corrected chi connectivity index (χ0v) is 39.9. The van der Waals surface area contributed by atoms with E-state index >= 15 is 0 Å². The van der Waals surface area contributed by atoms with Gasteiger partial charge in [-0.1, -0.05) is 182 Å². The van der Waals surface area contributed by atoms with Crippen LogP contribution in [0.3, 0.4) is 0 Å². The maximum Gasteiger partial charge on any atom is 0.306 e. The van der Waals surface area contributed by atoms with E-state index in [1.165, 1.54) is 77.0 Å². The van der Waals surface area contributed by atoms with Crippen molar-refractivity contribution in [3.63, 3.8) is 0 Å². The van der Waals surface area contributed by atoms with Crippen LogP contribution in [-0.2, 0) is 57.2 Å². The van der Waals surface area contributed by atoms with Crippen LogP contribution in [-0.4, -0.2) is 74.5 Å². The molecule has 0 rings (SSSR count). The second-order valence-corrected chi connectivity index (χ2v) is 16.9. The van der Waals surface area contributed by atoms with Gasteiger partial charge in [-0.2, -0.15) is 0 Å². The number of hydrogen-bond donors (Lipinski definition) is 0. The largest absolute Gasteiger partial charge is 0.462 e. The molecule has 0 aliphatic carbocycles. The molecule has 0 aromatic carbocycles. The summed E-state index contributed by atoms with van der Waals surface area (Å²) in [5.74, 6) is -3.14. The van der Waals surface area contributed by atoms with Crippen molar-refractivity contribution in [1.82, 2.24) is 0 Å². The van der Waals surface area contributed by atoms with Crippen molar-refractivity contribution in [1.29, 1.82) is 0 Å². The molecule has 0 bridgehead atoms. The molecule has 2 atom stereocenters. The molecule has 2 unspecified atom stereocenters. The number of ether oxygens (including phenoxy) is 6. The van der Waals surface area contributed by atoms with Crippen molar-refractivity contribution < 1.29 is 57.2 Å². The van der Waals surface area contributed by atoms with Gasteiger partial charge < -0.3 is 28.4 Å². The molecule has 0 spiro atoms. The SMILES string of the molecule is CCCCCCCCCC(=O)OCC(COC(=O)CCC(=O)OCC(COC(=O)CCCCCCCCC)OC(=O)CCCCCCCCC)OC(=O)CCCCCCCCC. The van der Waals surface area contributed by atoms with Gasteiger partial charge in [0.25, 0.3) is 0 Å². The van der Waals surface area contributed by atoms with Gasteiger partial charge >= 0.3 is 35.8 Å². The van der Waals surface area contributed by atoms with E-state index in [0.29, 0.717) is 25.7 Å². The summed E-state index contributed by atoms with van der Waals surface area (Å²) in [6, 6.07) is 0. The van der Waals surface area contributed by atoms with Crippen LogP contribution in [0.25, 0.3) is 0 Å². The molecule has 362 valence electrons. The number of esters is 6. The van der Waals surface area contributed by atoms with Crippen molar-refractivity contribution in [3.8, 4) is 0 Å². The topological polar surface area (TPSA) is 158 Å². The van der Waals surface area contributed by atoms with Crippen LogP contribution < -0.4 is 0 Å². The molecule has 12 heteroatoms. The van der Waals surface area contributed by atoms with Crippen LogP contribution in [0.4, 0.5) is 0 Å². The van der Waals surface area contributed by atoms with Gasteiger partial charge in [-0.15, -0.1) is 0 Å². The third kappa shape index (κ3) is 40.9. The number of unbranched alkanes of at least 4 members (excludes halogenated alkanes) is 24. The van der Waals surface area contributed by atoms with E-state index in [4.69, 9.17) is 28.4 Å². The van der Waals surface area contributed by atoms with Crippen molar-refractivity contribution in [2.24, 2.45) is 0 Å². The predicted molar refractivity (Wildman–Crippen MR) is 243 cm³/mol. The Labute approximate surface area is 376 Å². The van der Waals surface area contributed by atoms with Crippen LogP contribution in [0.5, 0.6) is 0 Å². The molecule has 0 aromatic rings. The zero-order valence-electron chi connectivity index (χ0n) is 39.9. The summed E-state index contributed by atoms with van der Waals surface area (Å²) in [7, 11) is 0. The molecule has 0 saturated carbocycles. The molecular weight excluding hydrogens is 793 g/mol. The van der Waals surface area contributed by atoms with Crippen molar-refractivity contribution in [3.05, 3.63) is 0 Å². The lowest BCUT2D eigenvalue weighted by atomic mass is 10.1. The van der Waals surface area contributed by atoms with Gasteiger partial charge in [0.15, 0.2) is 12.2 Å². The minimum Gasteiger partial charge on any atom is -0.462 e. The normalized spacial score (nSPS) is 12.0. The standard InChI is InChI=1S/C50H90O12/c1-5-9-13-17-21-25-29-33-45(51)57-39-43(61-49(55)35-31-27-23-19-15-11-7-3)41-59-47(53)37-38-48(54)60-42-44(62-50(56)36-32-28-24-20-16-12-8-4)40-58-46(52)34-30-26-22-18-14-10-6-2/h43-44H,5-42H2,1-4H3. The molecule has 0 heterocycles. The molecule has 0 aliphatic rings. The predicted octanol–water partition coefficient (Wildman–Crippen LogP) is 12.3. The first kappa shape index (κ1) is 58.8. The van der Waals surface area contributed by atoms with Crippen molar-refractivity contribution >= 4 is 35.8 Å². The lowest BCUT2D eigenvalue weighted by Crippen LogP contribution is -2.31. The molecular formula is C50H90O12. The number of carbonyl (C=O) groups is 6. The highest BCUT2D eigenvalue weighted by Gasteiger charge is 2.22. The Morgan fingerprint density at radius 1 is 0.258 bits per heavy atom. The van der Waals surface area contributed by atoms with Gasteiger partial charge in [0, 0.05) is 25.7 Å². The van der Waals surface area contributed by atoms with Gasteiger partial charge in [0.05, 0.1) is 12.8 Å². The third-order valence-corrected chi connectivity index (χ3v) is 10.8. The maximum absolute atomic E-state index is 12.7. The van der Waals surface area contributed by atoms with Gasteiger partial charge in [0.1, 0.15) is 26.4 Å². The summed E-state index contributed by atoms with van der Waals surface area (Å²) in [5.41, 5.74) is 0. The molecule has 0 amide bonds. The molecule has 12 nitrogen and oxygen atoms in total. The fourth-order valence-electron chi connectivity index (χ4n) is 6.86. The Balaban J connectivity index is 5.02. The summed E-state index contributed by atoms with van der Waals surface area (Å²) in [6.07, 6.45) is 27.9. The average molecular weight is 883 g/mol. The number of hydrogen-bond acceptors (Lipinski definition) is 12. The fraction of sp³-hybridized carbons (Fsp3) is 0.880. The van der Waals surface area contributed by atoms with Crippen molar-refractivity contribution in [2.45, 2.75) is 258 Å². The monoisotopic (exact) mass is 883 g/mol. The highest BCUT2D eigenvalue weighted by atomic mass is 16.6. The van der Waals surface area contributed by atoms with E-state index in [1.807, 2.05) is 0 Å². The first-order valence-corrected chi connectivity index (χ1v) is 25.2. The van der Waals surface area contributed by atoms with Crippen LogP contribution in [0, 0.1) is 0 Å². The summed E-state index contributed by atoms with van der Waals surface area (Å²) >= 11 is 0. The van der Waals surface area contributed by atoms with E-state index in [0.717, 1.165) is 77.0 Å². The lowest BCUT2D eigenvalue weighted by molar-refractivity contribution is -0.168. The Morgan fingerprint density at radius 2 is 0.452 bits per heavy atom. The van der Waals surface area contributed by atoms with E-state index in [-0.39, 0.29) is 65.0 Å². The molecule has 0 aliphatic heterocycles. The first-order chi connectivity index (χ1) is 30.1. The summed E-state index contributed by atoms with van der Waals surface area (Å²) in [4.78, 5) is 75.7. The van der Waals surface area contributed by atoms with Crippen LogP contribution in [0.1, 0.15) is 246 Å². The van der Waals surface area contributed by atoms with E-state index < -0.39 is 48.0 Å². The molecule has 62 heavy (non-hydrogen) atoms. The van der Waals surface area contributed by atoms with E-state index in [9.17, 15) is 28.8 Å². The van der Waals surface area contributed by atoms with Gasteiger partial charge in [-0.25, -0.2) is 0 Å².